The lowest BCUT2D eigenvalue weighted by atomic mass is 9.85. The Hall–Kier alpha value is -2.18. The Balaban J connectivity index is 2.28. The Labute approximate surface area is 123 Å². The van der Waals surface area contributed by atoms with Crippen LogP contribution in [-0.2, 0) is 0 Å². The smallest absolute Gasteiger partial charge is 0.300 e. The number of hydrogen-bond donors (Lipinski definition) is 1. The second kappa shape index (κ2) is 6.51. The molecule has 1 N–H and O–H groups in total. The summed E-state index contributed by atoms with van der Waals surface area (Å²) in [7, 11) is 1.66. The molecule has 1 aliphatic rings. The third kappa shape index (κ3) is 3.29. The van der Waals surface area contributed by atoms with Gasteiger partial charge in [0, 0.05) is 26.2 Å². The molecule has 1 aromatic heterocycles. The summed E-state index contributed by atoms with van der Waals surface area (Å²) >= 11 is 0. The Morgan fingerprint density at radius 3 is 2.76 bits per heavy atom. The molecule has 0 saturated heterocycles. The van der Waals surface area contributed by atoms with Crippen molar-refractivity contribution < 1.29 is 9.72 Å². The standard InChI is InChI=1S/C14H20N4O3/c1-3-17(9-10-5-4-6-10)14(19)11-7-13(15-2)16-8-12(11)18(20)21/h7-8,10H,3-6,9H2,1-2H3,(H,15,16). The highest BCUT2D eigenvalue weighted by Crippen LogP contribution is 2.28. The SMILES string of the molecule is CCN(CC1CCC1)C(=O)c1cc(NC)ncc1[N+](=O)[O-]. The summed E-state index contributed by atoms with van der Waals surface area (Å²) in [6, 6.07) is 1.45. The van der Waals surface area contributed by atoms with Crippen LogP contribution in [-0.4, -0.2) is 40.9 Å². The molecule has 0 aliphatic heterocycles. The van der Waals surface area contributed by atoms with Crippen LogP contribution in [0.1, 0.15) is 36.5 Å². The molecule has 1 amide bonds. The Morgan fingerprint density at radius 1 is 1.57 bits per heavy atom. The average Bonchev–Trinajstić information content (AvgIpc) is 2.45. The van der Waals surface area contributed by atoms with E-state index in [4.69, 9.17) is 0 Å². The summed E-state index contributed by atoms with van der Waals surface area (Å²) < 4.78 is 0. The third-order valence-electron chi connectivity index (χ3n) is 3.94. The van der Waals surface area contributed by atoms with Gasteiger partial charge in [-0.15, -0.1) is 0 Å². The van der Waals surface area contributed by atoms with Gasteiger partial charge in [0.1, 0.15) is 17.6 Å². The lowest BCUT2D eigenvalue weighted by molar-refractivity contribution is -0.385. The summed E-state index contributed by atoms with van der Waals surface area (Å²) in [6.07, 6.45) is 4.60. The highest BCUT2D eigenvalue weighted by Gasteiger charge is 2.28. The highest BCUT2D eigenvalue weighted by atomic mass is 16.6. The number of nitrogens with one attached hydrogen (secondary N) is 1. The van der Waals surface area contributed by atoms with Crippen LogP contribution in [0.4, 0.5) is 11.5 Å². The van der Waals surface area contributed by atoms with Crippen molar-refractivity contribution >= 4 is 17.4 Å². The van der Waals surface area contributed by atoms with Crippen LogP contribution in [0.5, 0.6) is 0 Å². The molecule has 0 spiro atoms. The first-order chi connectivity index (χ1) is 10.1. The van der Waals surface area contributed by atoms with Crippen molar-refractivity contribution in [3.05, 3.63) is 27.9 Å². The number of nitrogens with zero attached hydrogens (tertiary/aromatic N) is 3. The third-order valence-corrected chi connectivity index (χ3v) is 3.94. The van der Waals surface area contributed by atoms with Gasteiger partial charge in [-0.2, -0.15) is 0 Å². The number of hydrogen-bond acceptors (Lipinski definition) is 5. The Morgan fingerprint density at radius 2 is 2.29 bits per heavy atom. The number of carbonyl (C=O) groups is 1. The van der Waals surface area contributed by atoms with Gasteiger partial charge in [0.2, 0.25) is 0 Å². The van der Waals surface area contributed by atoms with Gasteiger partial charge in [0.15, 0.2) is 0 Å². The minimum Gasteiger partial charge on any atom is -0.373 e. The van der Waals surface area contributed by atoms with E-state index in [9.17, 15) is 14.9 Å². The fourth-order valence-electron chi connectivity index (χ4n) is 2.41. The topological polar surface area (TPSA) is 88.4 Å². The summed E-state index contributed by atoms with van der Waals surface area (Å²) in [5, 5.41) is 13.9. The number of anilines is 1. The molecule has 0 atom stereocenters. The van der Waals surface area contributed by atoms with E-state index in [-0.39, 0.29) is 17.2 Å². The Kier molecular flexibility index (Phi) is 4.72. The molecule has 1 fully saturated rings. The summed E-state index contributed by atoms with van der Waals surface area (Å²) in [4.78, 5) is 28.8. The van der Waals surface area contributed by atoms with E-state index in [0.717, 1.165) is 19.0 Å². The predicted octanol–water partition coefficient (Wildman–Crippen LogP) is 2.29. The first kappa shape index (κ1) is 15.2. The van der Waals surface area contributed by atoms with Crippen molar-refractivity contribution in [2.24, 2.45) is 5.92 Å². The second-order valence-electron chi connectivity index (χ2n) is 5.23. The fraction of sp³-hybridized carbons (Fsp3) is 0.571. The van der Waals surface area contributed by atoms with Gasteiger partial charge in [0.25, 0.3) is 11.6 Å². The van der Waals surface area contributed by atoms with Gasteiger partial charge in [0.05, 0.1) is 4.92 Å². The molecule has 1 heterocycles. The van der Waals surface area contributed by atoms with E-state index in [0.29, 0.717) is 24.8 Å². The highest BCUT2D eigenvalue weighted by molar-refractivity contribution is 5.98. The molecule has 0 bridgehead atoms. The van der Waals surface area contributed by atoms with Crippen molar-refractivity contribution in [1.82, 2.24) is 9.88 Å². The quantitative estimate of drug-likeness (QED) is 0.642. The van der Waals surface area contributed by atoms with Crippen LogP contribution >= 0.6 is 0 Å². The first-order valence-electron chi connectivity index (χ1n) is 7.18. The molecule has 7 heteroatoms. The zero-order valence-corrected chi connectivity index (χ0v) is 12.3. The van der Waals surface area contributed by atoms with Crippen LogP contribution < -0.4 is 5.32 Å². The van der Waals surface area contributed by atoms with Crippen molar-refractivity contribution in [2.75, 3.05) is 25.5 Å². The number of carbonyl (C=O) groups excluding carboxylic acids is 1. The maximum absolute atomic E-state index is 12.6. The summed E-state index contributed by atoms with van der Waals surface area (Å²) in [6.45, 7) is 3.11. The molecule has 1 saturated carbocycles. The molecule has 0 unspecified atom stereocenters. The number of amides is 1. The molecule has 0 aromatic carbocycles. The number of rotatable bonds is 6. The monoisotopic (exact) mass is 292 g/mol. The lowest BCUT2D eigenvalue weighted by Gasteiger charge is -2.31. The lowest BCUT2D eigenvalue weighted by Crippen LogP contribution is -2.37. The number of nitro groups is 1. The van der Waals surface area contributed by atoms with Gasteiger partial charge in [-0.1, -0.05) is 6.42 Å². The molecular weight excluding hydrogens is 272 g/mol. The molecule has 2 rings (SSSR count). The van der Waals surface area contributed by atoms with Crippen molar-refractivity contribution in [3.63, 3.8) is 0 Å². The first-order valence-corrected chi connectivity index (χ1v) is 7.18. The predicted molar refractivity (Wildman–Crippen MR) is 79.4 cm³/mol. The van der Waals surface area contributed by atoms with E-state index in [2.05, 4.69) is 10.3 Å². The molecule has 1 aliphatic carbocycles. The normalized spacial score (nSPS) is 14.4. The van der Waals surface area contributed by atoms with Crippen LogP contribution in [0.3, 0.4) is 0 Å². The van der Waals surface area contributed by atoms with Gasteiger partial charge in [-0.05, 0) is 25.7 Å². The van der Waals surface area contributed by atoms with Gasteiger partial charge >= 0.3 is 0 Å². The second-order valence-corrected chi connectivity index (χ2v) is 5.23. The summed E-state index contributed by atoms with van der Waals surface area (Å²) in [5.41, 5.74) is -0.147. The summed E-state index contributed by atoms with van der Waals surface area (Å²) in [5.74, 6) is 0.678. The largest absolute Gasteiger partial charge is 0.373 e. The van der Waals surface area contributed by atoms with Crippen LogP contribution in [0.25, 0.3) is 0 Å². The zero-order valence-electron chi connectivity index (χ0n) is 12.3. The van der Waals surface area contributed by atoms with E-state index >= 15 is 0 Å². The van der Waals surface area contributed by atoms with Crippen molar-refractivity contribution in [3.8, 4) is 0 Å². The van der Waals surface area contributed by atoms with E-state index < -0.39 is 4.92 Å². The minimum atomic E-state index is -0.559. The molecule has 21 heavy (non-hydrogen) atoms. The van der Waals surface area contributed by atoms with Gasteiger partial charge < -0.3 is 10.2 Å². The van der Waals surface area contributed by atoms with E-state index in [1.54, 1.807) is 11.9 Å². The fourth-order valence-corrected chi connectivity index (χ4v) is 2.41. The Bertz CT molecular complexity index is 543. The van der Waals surface area contributed by atoms with Crippen LogP contribution in [0, 0.1) is 16.0 Å². The maximum atomic E-state index is 12.6. The van der Waals surface area contributed by atoms with Crippen LogP contribution in [0.2, 0.25) is 0 Å². The van der Waals surface area contributed by atoms with Crippen LogP contribution in [0.15, 0.2) is 12.3 Å². The van der Waals surface area contributed by atoms with Crippen molar-refractivity contribution in [1.29, 1.82) is 0 Å². The van der Waals surface area contributed by atoms with Gasteiger partial charge in [-0.25, -0.2) is 4.98 Å². The molecule has 1 aromatic rings. The van der Waals surface area contributed by atoms with E-state index in [1.807, 2.05) is 6.92 Å². The number of aromatic nitrogens is 1. The molecule has 114 valence electrons. The van der Waals surface area contributed by atoms with Crippen molar-refractivity contribution in [2.45, 2.75) is 26.2 Å². The number of pyridine rings is 1. The molecule has 0 radical (unpaired) electrons. The average molecular weight is 292 g/mol. The maximum Gasteiger partial charge on any atom is 0.300 e. The van der Waals surface area contributed by atoms with Gasteiger partial charge in [-0.3, -0.25) is 14.9 Å². The molecule has 7 nitrogen and oxygen atoms in total. The minimum absolute atomic E-state index is 0.0977. The van der Waals surface area contributed by atoms with E-state index in [1.165, 1.54) is 12.5 Å². The zero-order chi connectivity index (χ0) is 15.4. The molecular formula is C14H20N4O3.